The fourth-order valence-electron chi connectivity index (χ4n) is 0.519. The summed E-state index contributed by atoms with van der Waals surface area (Å²) in [7, 11) is 0. The topological polar surface area (TPSA) is 26.0 Å². The highest BCUT2D eigenvalue weighted by Gasteiger charge is 2.06. The quantitative estimate of drug-likeness (QED) is 0.515. The summed E-state index contributed by atoms with van der Waals surface area (Å²) in [6.45, 7) is 6.08. The molecular weight excluding hydrogens is 98.1 g/mol. The SMILES string of the molecule is CC.CC1=C(N)CC1.[HH]. The second-order valence-electron chi connectivity index (χ2n) is 1.81. The minimum absolute atomic E-state index is 0. The molecule has 0 aromatic rings. The molecule has 1 nitrogen and oxygen atoms in total. The Morgan fingerprint density at radius 1 is 1.38 bits per heavy atom. The van der Waals surface area contributed by atoms with Crippen molar-refractivity contribution in [3.8, 4) is 0 Å². The Labute approximate surface area is 53.1 Å². The van der Waals surface area contributed by atoms with Crippen LogP contribution in [0.2, 0.25) is 0 Å². The maximum atomic E-state index is 5.40. The molecule has 0 amide bonds. The van der Waals surface area contributed by atoms with Gasteiger partial charge in [-0.3, -0.25) is 0 Å². The van der Waals surface area contributed by atoms with Crippen LogP contribution in [-0.2, 0) is 0 Å². The van der Waals surface area contributed by atoms with Gasteiger partial charge in [-0.05, 0) is 19.8 Å². The molecule has 0 spiro atoms. The lowest BCUT2D eigenvalue weighted by Gasteiger charge is -2.14. The van der Waals surface area contributed by atoms with E-state index in [0.29, 0.717) is 0 Å². The molecule has 0 radical (unpaired) electrons. The van der Waals surface area contributed by atoms with Crippen LogP contribution in [0.4, 0.5) is 0 Å². The molecule has 0 aromatic carbocycles. The van der Waals surface area contributed by atoms with E-state index in [1.54, 1.807) is 0 Å². The maximum Gasteiger partial charge on any atom is 0.00729 e. The fraction of sp³-hybridized carbons (Fsp3) is 0.714. The largest absolute Gasteiger partial charge is 0.402 e. The first-order valence-corrected chi connectivity index (χ1v) is 3.25. The molecule has 1 heteroatoms. The van der Waals surface area contributed by atoms with Crippen molar-refractivity contribution in [2.45, 2.75) is 33.6 Å². The van der Waals surface area contributed by atoms with Gasteiger partial charge in [0.15, 0.2) is 0 Å². The molecule has 1 aliphatic rings. The predicted octanol–water partition coefficient (Wildman–Crippen LogP) is 2.29. The molecule has 1 aliphatic carbocycles. The van der Waals surface area contributed by atoms with E-state index < -0.39 is 0 Å². The molecular formula is C7H17N. The first-order chi connectivity index (χ1) is 3.80. The minimum atomic E-state index is 0. The highest BCUT2D eigenvalue weighted by atomic mass is 14.6. The van der Waals surface area contributed by atoms with Crippen molar-refractivity contribution in [1.82, 2.24) is 0 Å². The zero-order valence-electron chi connectivity index (χ0n) is 5.99. The second kappa shape index (κ2) is 3.53. The van der Waals surface area contributed by atoms with Gasteiger partial charge in [0, 0.05) is 7.12 Å². The van der Waals surface area contributed by atoms with E-state index in [2.05, 4.69) is 6.92 Å². The lowest BCUT2D eigenvalue weighted by atomic mass is 9.97. The van der Waals surface area contributed by atoms with Crippen LogP contribution >= 0.6 is 0 Å². The van der Waals surface area contributed by atoms with Gasteiger partial charge >= 0.3 is 0 Å². The van der Waals surface area contributed by atoms with Crippen LogP contribution < -0.4 is 5.73 Å². The first kappa shape index (κ1) is 7.54. The van der Waals surface area contributed by atoms with Gasteiger partial charge in [0.25, 0.3) is 0 Å². The summed E-state index contributed by atoms with van der Waals surface area (Å²) in [6, 6.07) is 0. The molecule has 50 valence electrons. The van der Waals surface area contributed by atoms with Crippen molar-refractivity contribution in [2.75, 3.05) is 0 Å². The Morgan fingerprint density at radius 3 is 1.75 bits per heavy atom. The highest BCUT2D eigenvalue weighted by molar-refractivity contribution is 5.18. The van der Waals surface area contributed by atoms with Crippen LogP contribution in [-0.4, -0.2) is 0 Å². The molecule has 8 heavy (non-hydrogen) atoms. The number of hydrogen-bond acceptors (Lipinski definition) is 1. The average molecular weight is 115 g/mol. The molecule has 0 heterocycles. The lowest BCUT2D eigenvalue weighted by molar-refractivity contribution is 0.785. The molecule has 0 saturated heterocycles. The Bertz CT molecular complexity index is 85.1. The summed E-state index contributed by atoms with van der Waals surface area (Å²) >= 11 is 0. The van der Waals surface area contributed by atoms with Crippen LogP contribution in [0.25, 0.3) is 0 Å². The van der Waals surface area contributed by atoms with Gasteiger partial charge in [-0.15, -0.1) is 0 Å². The minimum Gasteiger partial charge on any atom is -0.402 e. The highest BCUT2D eigenvalue weighted by Crippen LogP contribution is 2.21. The third-order valence-electron chi connectivity index (χ3n) is 1.32. The van der Waals surface area contributed by atoms with Gasteiger partial charge in [0.05, 0.1) is 0 Å². The molecule has 0 saturated carbocycles. The van der Waals surface area contributed by atoms with E-state index in [0.717, 1.165) is 12.1 Å². The second-order valence-corrected chi connectivity index (χ2v) is 1.81. The standard InChI is InChI=1S/C5H9N.C2H6.H2/c1-4-2-3-5(4)6;1-2;/h2-3,6H2,1H3;1-2H3;1H. The normalized spacial score (nSPS) is 16.4. The van der Waals surface area contributed by atoms with Crippen molar-refractivity contribution < 1.29 is 1.43 Å². The smallest absolute Gasteiger partial charge is 0.00729 e. The predicted molar refractivity (Wildman–Crippen MR) is 39.6 cm³/mol. The zero-order valence-corrected chi connectivity index (χ0v) is 5.99. The molecule has 2 N–H and O–H groups in total. The molecule has 0 fully saturated rings. The van der Waals surface area contributed by atoms with Gasteiger partial charge < -0.3 is 5.73 Å². The van der Waals surface area contributed by atoms with E-state index in [-0.39, 0.29) is 1.43 Å². The summed E-state index contributed by atoms with van der Waals surface area (Å²) in [6.07, 6.45) is 2.36. The van der Waals surface area contributed by atoms with Crippen LogP contribution in [0, 0.1) is 0 Å². The van der Waals surface area contributed by atoms with Crippen molar-refractivity contribution >= 4 is 0 Å². The molecule has 0 atom stereocenters. The average Bonchev–Trinajstić information content (AvgIpc) is 1.88. The van der Waals surface area contributed by atoms with Gasteiger partial charge in [0.1, 0.15) is 0 Å². The van der Waals surface area contributed by atoms with E-state index in [1.807, 2.05) is 13.8 Å². The zero-order chi connectivity index (χ0) is 6.57. The number of hydrogen-bond donors (Lipinski definition) is 1. The molecule has 0 unspecified atom stereocenters. The van der Waals surface area contributed by atoms with E-state index in [4.69, 9.17) is 5.73 Å². The Morgan fingerprint density at radius 2 is 1.75 bits per heavy atom. The van der Waals surface area contributed by atoms with Gasteiger partial charge in [-0.2, -0.15) is 0 Å². The van der Waals surface area contributed by atoms with Crippen molar-refractivity contribution in [1.29, 1.82) is 0 Å². The summed E-state index contributed by atoms with van der Waals surface area (Å²) in [5.74, 6) is 0. The van der Waals surface area contributed by atoms with Crippen LogP contribution in [0.3, 0.4) is 0 Å². The molecule has 0 bridgehead atoms. The van der Waals surface area contributed by atoms with Crippen molar-refractivity contribution in [2.24, 2.45) is 5.73 Å². The summed E-state index contributed by atoms with van der Waals surface area (Å²) < 4.78 is 0. The number of rotatable bonds is 0. The fourth-order valence-corrected chi connectivity index (χ4v) is 0.519. The van der Waals surface area contributed by atoms with Gasteiger partial charge in [0.2, 0.25) is 0 Å². The number of nitrogens with two attached hydrogens (primary N) is 1. The Hall–Kier alpha value is -0.460. The van der Waals surface area contributed by atoms with Crippen LogP contribution in [0.5, 0.6) is 0 Å². The first-order valence-electron chi connectivity index (χ1n) is 3.25. The Kier molecular flexibility index (Phi) is 3.33. The van der Waals surface area contributed by atoms with E-state index in [9.17, 15) is 0 Å². The van der Waals surface area contributed by atoms with Crippen LogP contribution in [0.15, 0.2) is 11.3 Å². The van der Waals surface area contributed by atoms with E-state index in [1.165, 1.54) is 12.0 Å². The van der Waals surface area contributed by atoms with Gasteiger partial charge in [-0.1, -0.05) is 19.4 Å². The van der Waals surface area contributed by atoms with Crippen LogP contribution in [0.1, 0.15) is 35.0 Å². The lowest BCUT2D eigenvalue weighted by Crippen LogP contribution is -2.09. The number of allylic oxidation sites excluding steroid dienone is 2. The third-order valence-corrected chi connectivity index (χ3v) is 1.32. The monoisotopic (exact) mass is 115 g/mol. The van der Waals surface area contributed by atoms with E-state index >= 15 is 0 Å². The molecule has 0 aliphatic heterocycles. The summed E-state index contributed by atoms with van der Waals surface area (Å²) in [5, 5.41) is 0. The van der Waals surface area contributed by atoms with Crippen molar-refractivity contribution in [3.05, 3.63) is 11.3 Å². The molecule has 1 rings (SSSR count). The van der Waals surface area contributed by atoms with Crippen molar-refractivity contribution in [3.63, 3.8) is 0 Å². The Balaban J connectivity index is 0. The third kappa shape index (κ3) is 1.57. The molecule has 0 aromatic heterocycles. The maximum absolute atomic E-state index is 5.40. The summed E-state index contributed by atoms with van der Waals surface area (Å²) in [4.78, 5) is 0. The van der Waals surface area contributed by atoms with Gasteiger partial charge in [-0.25, -0.2) is 0 Å². The summed E-state index contributed by atoms with van der Waals surface area (Å²) in [5.41, 5.74) is 7.89.